The first kappa shape index (κ1) is 14.4. The molecule has 6 heteroatoms. The van der Waals surface area contributed by atoms with E-state index < -0.39 is 9.84 Å². The lowest BCUT2D eigenvalue weighted by molar-refractivity contribution is 0.314. The van der Waals surface area contributed by atoms with E-state index >= 15 is 0 Å². The number of alkyl halides is 1. The van der Waals surface area contributed by atoms with E-state index in [1.165, 1.54) is 6.26 Å². The van der Waals surface area contributed by atoms with Crippen molar-refractivity contribution in [2.75, 3.05) is 18.6 Å². The second-order valence-electron chi connectivity index (χ2n) is 3.86. The van der Waals surface area contributed by atoms with E-state index in [1.54, 1.807) is 0 Å². The Morgan fingerprint density at radius 1 is 1.41 bits per heavy atom. The monoisotopic (exact) mass is 321 g/mol. The van der Waals surface area contributed by atoms with Crippen molar-refractivity contribution in [3.8, 4) is 5.75 Å². The van der Waals surface area contributed by atoms with Crippen molar-refractivity contribution in [2.24, 2.45) is 0 Å². The third-order valence-electron chi connectivity index (χ3n) is 2.12. The molecule has 0 aliphatic heterocycles. The molecule has 0 fully saturated rings. The minimum absolute atomic E-state index is 0.149. The normalized spacial score (nSPS) is 11.5. The average Bonchev–Trinajstić information content (AvgIpc) is 2.24. The van der Waals surface area contributed by atoms with Gasteiger partial charge in [0, 0.05) is 17.3 Å². The predicted octanol–water partition coefficient (Wildman–Crippen LogP) is 2.10. The summed E-state index contributed by atoms with van der Waals surface area (Å²) in [5, 5.41) is 0.621. The molecule has 0 N–H and O–H groups in total. The molecule has 0 atom stereocenters. The van der Waals surface area contributed by atoms with E-state index in [0.717, 1.165) is 11.4 Å². The molecule has 17 heavy (non-hydrogen) atoms. The topological polar surface area (TPSA) is 56.3 Å². The maximum atomic E-state index is 10.9. The molecule has 1 aromatic heterocycles. The van der Waals surface area contributed by atoms with Crippen molar-refractivity contribution < 1.29 is 13.2 Å². The average molecular weight is 322 g/mol. The molecule has 0 saturated carbocycles. The first-order valence-corrected chi connectivity index (χ1v) is 8.43. The highest BCUT2D eigenvalue weighted by Crippen LogP contribution is 2.19. The summed E-state index contributed by atoms with van der Waals surface area (Å²) in [5.41, 5.74) is 1.77. The van der Waals surface area contributed by atoms with Crippen LogP contribution in [0.4, 0.5) is 0 Å². The Hall–Kier alpha value is -0.620. The number of ether oxygens (including phenoxy) is 1. The van der Waals surface area contributed by atoms with E-state index in [0.29, 0.717) is 24.1 Å². The van der Waals surface area contributed by atoms with Crippen LogP contribution in [0.5, 0.6) is 5.75 Å². The highest BCUT2D eigenvalue weighted by atomic mass is 79.9. The number of halogens is 1. The zero-order valence-corrected chi connectivity index (χ0v) is 12.3. The molecule has 0 unspecified atom stereocenters. The summed E-state index contributed by atoms with van der Waals surface area (Å²) >= 11 is 3.34. The van der Waals surface area contributed by atoms with E-state index in [1.807, 2.05) is 19.1 Å². The Bertz CT molecular complexity index is 474. The molecule has 0 aliphatic carbocycles. The van der Waals surface area contributed by atoms with Crippen molar-refractivity contribution in [1.29, 1.82) is 0 Å². The van der Waals surface area contributed by atoms with Gasteiger partial charge in [-0.3, -0.25) is 4.98 Å². The summed E-state index contributed by atoms with van der Waals surface area (Å²) in [6.07, 6.45) is 1.72. The first-order valence-electron chi connectivity index (χ1n) is 5.25. The molecule has 1 aromatic rings. The molecule has 1 heterocycles. The molecule has 96 valence electrons. The summed E-state index contributed by atoms with van der Waals surface area (Å²) in [6.45, 7) is 2.30. The minimum Gasteiger partial charge on any atom is -0.492 e. The molecule has 0 aromatic carbocycles. The molecule has 0 radical (unpaired) electrons. The largest absolute Gasteiger partial charge is 0.492 e. The number of aryl methyl sites for hydroxylation is 1. The Labute approximate surface area is 110 Å². The summed E-state index contributed by atoms with van der Waals surface area (Å²) < 4.78 is 27.4. The van der Waals surface area contributed by atoms with Gasteiger partial charge >= 0.3 is 0 Å². The third-order valence-corrected chi connectivity index (χ3v) is 3.68. The van der Waals surface area contributed by atoms with Gasteiger partial charge in [-0.15, -0.1) is 0 Å². The lowest BCUT2D eigenvalue weighted by Crippen LogP contribution is -2.09. The summed E-state index contributed by atoms with van der Waals surface area (Å²) in [7, 11) is -2.91. The number of nitrogens with zero attached hydrogens (tertiary/aromatic N) is 1. The van der Waals surface area contributed by atoms with Gasteiger partial charge in [0.1, 0.15) is 15.6 Å². The number of rotatable bonds is 6. The molecule has 0 amide bonds. The van der Waals surface area contributed by atoms with Crippen LogP contribution in [0.1, 0.15) is 17.8 Å². The molecule has 1 rings (SSSR count). The zero-order valence-electron chi connectivity index (χ0n) is 9.94. The molecule has 0 aliphatic rings. The summed E-state index contributed by atoms with van der Waals surface area (Å²) in [5.74, 6) is 0.858. The van der Waals surface area contributed by atoms with Gasteiger partial charge in [-0.05, 0) is 25.5 Å². The molecule has 4 nitrogen and oxygen atoms in total. The van der Waals surface area contributed by atoms with Crippen LogP contribution >= 0.6 is 15.9 Å². The second kappa shape index (κ2) is 6.35. The van der Waals surface area contributed by atoms with Gasteiger partial charge in [-0.25, -0.2) is 8.42 Å². The number of hydrogen-bond acceptors (Lipinski definition) is 4. The van der Waals surface area contributed by atoms with Crippen LogP contribution < -0.4 is 4.74 Å². The van der Waals surface area contributed by atoms with Crippen LogP contribution in [0.2, 0.25) is 0 Å². The van der Waals surface area contributed by atoms with Gasteiger partial charge in [0.25, 0.3) is 0 Å². The van der Waals surface area contributed by atoms with Gasteiger partial charge in [0.15, 0.2) is 0 Å². The number of pyridine rings is 1. The fourth-order valence-corrected chi connectivity index (χ4v) is 2.37. The van der Waals surface area contributed by atoms with Gasteiger partial charge in [0.2, 0.25) is 0 Å². The first-order chi connectivity index (χ1) is 7.92. The summed E-state index contributed by atoms with van der Waals surface area (Å²) in [4.78, 5) is 4.33. The van der Waals surface area contributed by atoms with Gasteiger partial charge < -0.3 is 4.74 Å². The van der Waals surface area contributed by atoms with Gasteiger partial charge in [0.05, 0.1) is 18.1 Å². The van der Waals surface area contributed by atoms with Crippen molar-refractivity contribution in [3.63, 3.8) is 0 Å². The highest BCUT2D eigenvalue weighted by Gasteiger charge is 2.06. The van der Waals surface area contributed by atoms with Gasteiger partial charge in [-0.2, -0.15) is 0 Å². The van der Waals surface area contributed by atoms with E-state index in [2.05, 4.69) is 20.9 Å². The van der Waals surface area contributed by atoms with Crippen molar-refractivity contribution in [3.05, 3.63) is 23.5 Å². The molecule has 0 bridgehead atoms. The van der Waals surface area contributed by atoms with Crippen LogP contribution in [-0.4, -0.2) is 32.0 Å². The zero-order chi connectivity index (χ0) is 12.9. The Balaban J connectivity index is 2.52. The van der Waals surface area contributed by atoms with E-state index in [4.69, 9.17) is 4.74 Å². The maximum Gasteiger partial charge on any atom is 0.147 e. The van der Waals surface area contributed by atoms with Crippen LogP contribution in [0, 0.1) is 6.92 Å². The van der Waals surface area contributed by atoms with Crippen LogP contribution in [0.25, 0.3) is 0 Å². The number of sulfone groups is 1. The fourth-order valence-electron chi connectivity index (χ4n) is 1.33. The smallest absolute Gasteiger partial charge is 0.147 e. The predicted molar refractivity (Wildman–Crippen MR) is 71.4 cm³/mol. The lowest BCUT2D eigenvalue weighted by Gasteiger charge is -2.09. The maximum absolute atomic E-state index is 10.9. The van der Waals surface area contributed by atoms with Crippen molar-refractivity contribution >= 4 is 25.8 Å². The van der Waals surface area contributed by atoms with Gasteiger partial charge in [-0.1, -0.05) is 15.9 Å². The van der Waals surface area contributed by atoms with Crippen molar-refractivity contribution in [2.45, 2.75) is 18.7 Å². The standard InChI is InChI=1S/C11H16BrNO3S/c1-9-4-5-11(10(8-12)13-9)16-6-3-7-17(2,14)15/h4-5H,3,6-8H2,1-2H3. The lowest BCUT2D eigenvalue weighted by atomic mass is 10.3. The summed E-state index contributed by atoms with van der Waals surface area (Å²) in [6, 6.07) is 3.73. The molecular formula is C11H16BrNO3S. The molecule has 0 spiro atoms. The fraction of sp³-hybridized carbons (Fsp3) is 0.545. The second-order valence-corrected chi connectivity index (χ2v) is 6.68. The van der Waals surface area contributed by atoms with E-state index in [9.17, 15) is 8.42 Å². The quantitative estimate of drug-likeness (QED) is 0.594. The number of aromatic nitrogens is 1. The molecular weight excluding hydrogens is 306 g/mol. The van der Waals surface area contributed by atoms with Crippen molar-refractivity contribution in [1.82, 2.24) is 4.98 Å². The van der Waals surface area contributed by atoms with Crippen LogP contribution in [0.15, 0.2) is 12.1 Å². The van der Waals surface area contributed by atoms with Crippen LogP contribution in [-0.2, 0) is 15.2 Å². The minimum atomic E-state index is -2.91. The Morgan fingerprint density at radius 3 is 2.71 bits per heavy atom. The van der Waals surface area contributed by atoms with E-state index in [-0.39, 0.29) is 5.75 Å². The highest BCUT2D eigenvalue weighted by molar-refractivity contribution is 9.08. The Morgan fingerprint density at radius 2 is 2.12 bits per heavy atom. The van der Waals surface area contributed by atoms with Crippen LogP contribution in [0.3, 0.4) is 0 Å². The third kappa shape index (κ3) is 5.50. The number of hydrogen-bond donors (Lipinski definition) is 0. The SMILES string of the molecule is Cc1ccc(OCCCS(C)(=O)=O)c(CBr)n1. The molecule has 0 saturated heterocycles. The Kier molecular flexibility index (Phi) is 5.39.